The zero-order chi connectivity index (χ0) is 22.2. The summed E-state index contributed by atoms with van der Waals surface area (Å²) in [6.07, 6.45) is -0.612. The van der Waals surface area contributed by atoms with Gasteiger partial charge in [0.15, 0.2) is 0 Å². The summed E-state index contributed by atoms with van der Waals surface area (Å²) >= 11 is 0. The Morgan fingerprint density at radius 1 is 1.16 bits per heavy atom. The number of nitrogens with zero attached hydrogens (tertiary/aromatic N) is 2. The highest BCUT2D eigenvalue weighted by molar-refractivity contribution is 7.89. The van der Waals surface area contributed by atoms with E-state index in [1.807, 2.05) is 0 Å². The predicted molar refractivity (Wildman–Crippen MR) is 111 cm³/mol. The highest BCUT2D eigenvalue weighted by Crippen LogP contribution is 2.31. The van der Waals surface area contributed by atoms with Crippen molar-refractivity contribution in [3.63, 3.8) is 0 Å². The number of hydrogen-bond acceptors (Lipinski definition) is 6. The molecule has 0 radical (unpaired) electrons. The molecule has 168 valence electrons. The second kappa shape index (κ2) is 8.47. The summed E-state index contributed by atoms with van der Waals surface area (Å²) in [5.41, 5.74) is 0.487. The molecule has 2 heterocycles. The first-order valence-electron chi connectivity index (χ1n) is 9.70. The first kappa shape index (κ1) is 22.2. The summed E-state index contributed by atoms with van der Waals surface area (Å²) in [5, 5.41) is 0. The molecule has 2 aromatic carbocycles. The number of sulfonamides is 2. The van der Waals surface area contributed by atoms with E-state index in [1.165, 1.54) is 46.1 Å². The summed E-state index contributed by atoms with van der Waals surface area (Å²) in [6.45, 7) is -0.0948. The van der Waals surface area contributed by atoms with Crippen LogP contribution in [0.4, 0.5) is 4.39 Å². The molecular formula is C20H23FN2O6S2. The highest BCUT2D eigenvalue weighted by atomic mass is 32.2. The molecule has 31 heavy (non-hydrogen) atoms. The molecule has 0 aliphatic carbocycles. The van der Waals surface area contributed by atoms with Crippen LogP contribution in [0.25, 0.3) is 0 Å². The van der Waals surface area contributed by atoms with Gasteiger partial charge in [0.1, 0.15) is 11.6 Å². The second-order valence-electron chi connectivity index (χ2n) is 7.47. The first-order valence-corrected chi connectivity index (χ1v) is 12.8. The van der Waals surface area contributed by atoms with E-state index in [0.717, 1.165) is 0 Å². The average Bonchev–Trinajstić information content (AvgIpc) is 3.12. The second-order valence-corrected chi connectivity index (χ2v) is 11.4. The van der Waals surface area contributed by atoms with Gasteiger partial charge in [0, 0.05) is 19.6 Å². The fraction of sp³-hybridized carbons (Fsp3) is 0.400. The SMILES string of the molecule is COc1ccc(S(=O)(=O)N2C[C@@H]3OCCS(=O)(=O)N(Cc4cccc(F)c4)[C@@H]3C2)cc1. The minimum Gasteiger partial charge on any atom is -0.497 e. The quantitative estimate of drug-likeness (QED) is 0.657. The lowest BCUT2D eigenvalue weighted by Crippen LogP contribution is -2.45. The molecule has 11 heteroatoms. The number of fused-ring (bicyclic) bond motifs is 1. The van der Waals surface area contributed by atoms with Gasteiger partial charge in [-0.15, -0.1) is 0 Å². The van der Waals surface area contributed by atoms with Crippen LogP contribution in [-0.2, 0) is 31.3 Å². The fourth-order valence-electron chi connectivity index (χ4n) is 3.92. The molecule has 0 N–H and O–H groups in total. The van der Waals surface area contributed by atoms with Crippen LogP contribution in [0.15, 0.2) is 53.4 Å². The van der Waals surface area contributed by atoms with E-state index < -0.39 is 38.0 Å². The maximum atomic E-state index is 13.6. The monoisotopic (exact) mass is 470 g/mol. The molecule has 2 saturated heterocycles. The molecule has 2 atom stereocenters. The number of halogens is 1. The van der Waals surface area contributed by atoms with Gasteiger partial charge in [0.2, 0.25) is 20.0 Å². The van der Waals surface area contributed by atoms with E-state index in [0.29, 0.717) is 11.3 Å². The Kier molecular flexibility index (Phi) is 6.05. The Labute approximate surface area is 181 Å². The maximum Gasteiger partial charge on any atom is 0.243 e. The van der Waals surface area contributed by atoms with Crippen LogP contribution in [-0.4, -0.2) is 70.2 Å². The zero-order valence-corrected chi connectivity index (χ0v) is 18.5. The van der Waals surface area contributed by atoms with Crippen molar-refractivity contribution in [2.45, 2.75) is 23.6 Å². The van der Waals surface area contributed by atoms with Crippen molar-refractivity contribution in [2.75, 3.05) is 32.6 Å². The van der Waals surface area contributed by atoms with Crippen molar-refractivity contribution < 1.29 is 30.7 Å². The van der Waals surface area contributed by atoms with Crippen molar-refractivity contribution in [1.82, 2.24) is 8.61 Å². The van der Waals surface area contributed by atoms with E-state index in [4.69, 9.17) is 9.47 Å². The number of benzene rings is 2. The molecule has 0 amide bonds. The van der Waals surface area contributed by atoms with Gasteiger partial charge in [-0.1, -0.05) is 12.1 Å². The Balaban J connectivity index is 1.63. The minimum absolute atomic E-state index is 0.0282. The van der Waals surface area contributed by atoms with E-state index in [-0.39, 0.29) is 36.9 Å². The Morgan fingerprint density at radius 3 is 2.58 bits per heavy atom. The minimum atomic E-state index is -3.86. The summed E-state index contributed by atoms with van der Waals surface area (Å²) in [7, 11) is -6.09. The number of methoxy groups -OCH3 is 1. The lowest BCUT2D eigenvalue weighted by Gasteiger charge is -2.28. The molecule has 2 aliphatic rings. The van der Waals surface area contributed by atoms with Crippen LogP contribution in [0.1, 0.15) is 5.56 Å². The van der Waals surface area contributed by atoms with E-state index in [9.17, 15) is 21.2 Å². The van der Waals surface area contributed by atoms with Crippen LogP contribution in [0.3, 0.4) is 0 Å². The number of rotatable bonds is 5. The van der Waals surface area contributed by atoms with Gasteiger partial charge in [-0.2, -0.15) is 8.61 Å². The Bertz CT molecular complexity index is 1150. The Morgan fingerprint density at radius 2 is 1.90 bits per heavy atom. The summed E-state index contributed by atoms with van der Waals surface area (Å²) in [4.78, 5) is 0.0873. The molecule has 8 nitrogen and oxygen atoms in total. The summed E-state index contributed by atoms with van der Waals surface area (Å²) in [6, 6.07) is 11.0. The van der Waals surface area contributed by atoms with E-state index >= 15 is 0 Å². The van der Waals surface area contributed by atoms with Crippen LogP contribution in [0.2, 0.25) is 0 Å². The van der Waals surface area contributed by atoms with Gasteiger partial charge in [0.25, 0.3) is 0 Å². The van der Waals surface area contributed by atoms with Gasteiger partial charge in [0.05, 0.1) is 36.5 Å². The third-order valence-electron chi connectivity index (χ3n) is 5.53. The zero-order valence-electron chi connectivity index (χ0n) is 16.8. The molecule has 0 unspecified atom stereocenters. The predicted octanol–water partition coefficient (Wildman–Crippen LogP) is 1.44. The van der Waals surface area contributed by atoms with E-state index in [2.05, 4.69) is 0 Å². The van der Waals surface area contributed by atoms with Gasteiger partial charge in [-0.3, -0.25) is 0 Å². The standard InChI is InChI=1S/C20H23FN2O6S2/c1-28-17-5-7-18(8-6-17)31(26,27)22-13-19-20(14-22)29-9-10-30(24,25)23(19)12-15-3-2-4-16(21)11-15/h2-8,11,19-20H,9-10,12-14H2,1H3/t19-,20+/m1/s1. The van der Waals surface area contributed by atoms with Crippen LogP contribution in [0, 0.1) is 5.82 Å². The number of hydrogen-bond donors (Lipinski definition) is 0. The molecule has 2 aromatic rings. The molecule has 2 fully saturated rings. The van der Waals surface area contributed by atoms with Crippen molar-refractivity contribution in [3.8, 4) is 5.75 Å². The lowest BCUT2D eigenvalue weighted by molar-refractivity contribution is 0.0480. The molecule has 0 saturated carbocycles. The fourth-order valence-corrected chi connectivity index (χ4v) is 6.89. The number of ether oxygens (including phenoxy) is 2. The van der Waals surface area contributed by atoms with Gasteiger partial charge < -0.3 is 9.47 Å². The average molecular weight is 471 g/mol. The molecule has 0 bridgehead atoms. The van der Waals surface area contributed by atoms with E-state index in [1.54, 1.807) is 18.2 Å². The van der Waals surface area contributed by atoms with Gasteiger partial charge in [-0.05, 0) is 42.0 Å². The highest BCUT2D eigenvalue weighted by Gasteiger charge is 2.47. The first-order chi connectivity index (χ1) is 14.7. The smallest absolute Gasteiger partial charge is 0.243 e. The molecular weight excluding hydrogens is 447 g/mol. The topological polar surface area (TPSA) is 93.2 Å². The lowest BCUT2D eigenvalue weighted by atomic mass is 10.1. The van der Waals surface area contributed by atoms with Gasteiger partial charge >= 0.3 is 0 Å². The molecule has 4 rings (SSSR count). The van der Waals surface area contributed by atoms with Crippen molar-refractivity contribution in [1.29, 1.82) is 0 Å². The third-order valence-corrected chi connectivity index (χ3v) is 9.17. The van der Waals surface area contributed by atoms with Crippen LogP contribution < -0.4 is 4.74 Å². The maximum absolute atomic E-state index is 13.6. The van der Waals surface area contributed by atoms with Crippen LogP contribution in [0.5, 0.6) is 5.75 Å². The van der Waals surface area contributed by atoms with Gasteiger partial charge in [-0.25, -0.2) is 21.2 Å². The van der Waals surface area contributed by atoms with Crippen LogP contribution >= 0.6 is 0 Å². The molecule has 0 aromatic heterocycles. The van der Waals surface area contributed by atoms with Crippen molar-refractivity contribution in [3.05, 3.63) is 59.9 Å². The molecule has 0 spiro atoms. The normalized spacial score (nSPS) is 24.5. The largest absolute Gasteiger partial charge is 0.497 e. The Hall–Kier alpha value is -2.05. The van der Waals surface area contributed by atoms with Crippen molar-refractivity contribution >= 4 is 20.0 Å². The molecule has 2 aliphatic heterocycles. The van der Waals surface area contributed by atoms with Crippen molar-refractivity contribution in [2.24, 2.45) is 0 Å². The third kappa shape index (κ3) is 4.46. The summed E-state index contributed by atoms with van der Waals surface area (Å²) in [5.74, 6) is -0.144. The summed E-state index contributed by atoms with van der Waals surface area (Å²) < 4.78 is 79.0.